The predicted octanol–water partition coefficient (Wildman–Crippen LogP) is 3.83. The lowest BCUT2D eigenvalue weighted by atomic mass is 9.51. The molecule has 1 unspecified atom stereocenters. The van der Waals surface area contributed by atoms with Crippen molar-refractivity contribution in [1.29, 1.82) is 0 Å². The minimum absolute atomic E-state index is 0.0666. The molecule has 7 heteroatoms. The molecule has 0 radical (unpaired) electrons. The molecule has 204 valence electrons. The number of aliphatic hydroxyl groups excluding tert-OH is 1. The van der Waals surface area contributed by atoms with E-state index in [0.29, 0.717) is 18.4 Å². The number of nitrogens with one attached hydrogen (secondary N) is 2. The third-order valence-corrected chi connectivity index (χ3v) is 9.86. The molecule has 2 aromatic rings. The molecule has 1 amide bonds. The van der Waals surface area contributed by atoms with E-state index in [4.69, 9.17) is 4.74 Å². The smallest absolute Gasteiger partial charge is 0.235 e. The third-order valence-electron chi connectivity index (χ3n) is 9.86. The summed E-state index contributed by atoms with van der Waals surface area (Å²) in [6.45, 7) is 7.90. The van der Waals surface area contributed by atoms with Crippen molar-refractivity contribution >= 4 is 28.4 Å². The topological polar surface area (TPSA) is 112 Å². The molecule has 6 rings (SSSR count). The van der Waals surface area contributed by atoms with E-state index in [0.717, 1.165) is 22.5 Å². The van der Waals surface area contributed by atoms with Crippen molar-refractivity contribution in [1.82, 2.24) is 10.3 Å². The number of amides is 1. The Morgan fingerprint density at radius 1 is 1.13 bits per heavy atom. The maximum Gasteiger partial charge on any atom is 0.235 e. The minimum Gasteiger partial charge on any atom is -0.381 e. The van der Waals surface area contributed by atoms with Gasteiger partial charge in [0.2, 0.25) is 5.91 Å². The summed E-state index contributed by atoms with van der Waals surface area (Å²) in [7, 11) is 0. The molecule has 3 heterocycles. The van der Waals surface area contributed by atoms with Crippen molar-refractivity contribution in [3.05, 3.63) is 72.0 Å². The van der Waals surface area contributed by atoms with E-state index < -0.39 is 34.6 Å². The van der Waals surface area contributed by atoms with Crippen LogP contribution in [0.3, 0.4) is 0 Å². The van der Waals surface area contributed by atoms with Crippen LogP contribution in [0, 0.1) is 29.1 Å². The van der Waals surface area contributed by atoms with Crippen LogP contribution in [-0.4, -0.2) is 51.4 Å². The predicted molar refractivity (Wildman–Crippen MR) is 148 cm³/mol. The van der Waals surface area contributed by atoms with Gasteiger partial charge in [0.25, 0.3) is 0 Å². The maximum atomic E-state index is 14.2. The molecule has 39 heavy (non-hydrogen) atoms. The van der Waals surface area contributed by atoms with Gasteiger partial charge in [0, 0.05) is 35.0 Å². The van der Waals surface area contributed by atoms with E-state index in [1.54, 1.807) is 6.92 Å². The largest absolute Gasteiger partial charge is 0.381 e. The number of ketones is 2. The number of hydrogen-bond donors (Lipinski definition) is 3. The average molecular weight is 529 g/mol. The van der Waals surface area contributed by atoms with Gasteiger partial charge in [0.05, 0.1) is 11.7 Å². The van der Waals surface area contributed by atoms with Gasteiger partial charge in [-0.2, -0.15) is 0 Å². The van der Waals surface area contributed by atoms with Gasteiger partial charge in [-0.15, -0.1) is 0 Å². The van der Waals surface area contributed by atoms with E-state index in [1.807, 2.05) is 49.5 Å². The van der Waals surface area contributed by atoms with Crippen molar-refractivity contribution in [3.8, 4) is 0 Å². The lowest BCUT2D eigenvalue weighted by Gasteiger charge is -2.45. The fraction of sp³-hybridized carbons (Fsp3) is 0.469. The number of allylic oxidation sites excluding steroid dienone is 3. The number of hydrogen-bond acceptors (Lipinski definition) is 5. The molecular formula is C32H36N2O5. The van der Waals surface area contributed by atoms with Crippen molar-refractivity contribution in [3.63, 3.8) is 0 Å². The second kappa shape index (κ2) is 9.14. The quantitative estimate of drug-likeness (QED) is 0.312. The summed E-state index contributed by atoms with van der Waals surface area (Å²) < 4.78 is 6.33. The fourth-order valence-electron chi connectivity index (χ4n) is 7.66. The normalized spacial score (nSPS) is 43.1. The van der Waals surface area contributed by atoms with Crippen LogP contribution in [-0.2, 0) is 25.5 Å². The van der Waals surface area contributed by atoms with Gasteiger partial charge in [-0.05, 0) is 67.9 Å². The first-order chi connectivity index (χ1) is 18.6. The van der Waals surface area contributed by atoms with Crippen LogP contribution in [0.4, 0.5) is 0 Å². The van der Waals surface area contributed by atoms with Gasteiger partial charge in [-0.1, -0.05) is 50.3 Å². The Bertz CT molecular complexity index is 1450. The number of carbonyl (C=O) groups is 3. The van der Waals surface area contributed by atoms with E-state index >= 15 is 0 Å². The summed E-state index contributed by atoms with van der Waals surface area (Å²) >= 11 is 0. The summed E-state index contributed by atoms with van der Waals surface area (Å²) in [5.41, 5.74) is 0.805. The Labute approximate surface area is 228 Å². The maximum absolute atomic E-state index is 14.2. The molecule has 1 saturated carbocycles. The zero-order valence-corrected chi connectivity index (χ0v) is 22.8. The highest BCUT2D eigenvalue weighted by molar-refractivity contribution is 6.15. The second-order valence-electron chi connectivity index (χ2n) is 12.1. The molecule has 1 aromatic carbocycles. The average Bonchev–Trinajstić information content (AvgIpc) is 3.31. The first-order valence-electron chi connectivity index (χ1n) is 13.9. The summed E-state index contributed by atoms with van der Waals surface area (Å²) in [5, 5.41) is 14.9. The SMILES string of the molecule is C/C1=C/C(C)C/C=C/[C@H]2[C@@H]3O[C@]3(C)[C@@H](C)[C@H]3[C@H](Cc4c[nH]c5ccccc45)NC(=O)[C@]32C(=O)/C=C/C(=O)[C@@H]1O. The number of epoxide rings is 1. The van der Waals surface area contributed by atoms with Crippen molar-refractivity contribution in [2.45, 2.75) is 64.4 Å². The molecule has 1 aromatic heterocycles. The number of ether oxygens (including phenoxy) is 1. The first kappa shape index (κ1) is 26.0. The number of para-hydroxylation sites is 1. The Hall–Kier alpha value is -3.29. The molecule has 2 aliphatic carbocycles. The van der Waals surface area contributed by atoms with Crippen LogP contribution >= 0.6 is 0 Å². The van der Waals surface area contributed by atoms with Crippen LogP contribution in [0.2, 0.25) is 0 Å². The molecule has 2 saturated heterocycles. The lowest BCUT2D eigenvalue weighted by Crippen LogP contribution is -2.58. The zero-order chi connectivity index (χ0) is 27.7. The highest BCUT2D eigenvalue weighted by Crippen LogP contribution is 2.66. The molecule has 4 aliphatic rings. The third kappa shape index (κ3) is 3.81. The fourth-order valence-corrected chi connectivity index (χ4v) is 7.66. The molecule has 1 spiro atoms. The highest BCUT2D eigenvalue weighted by atomic mass is 16.6. The van der Waals surface area contributed by atoms with Crippen LogP contribution in [0.5, 0.6) is 0 Å². The summed E-state index contributed by atoms with van der Waals surface area (Å²) in [5.74, 6) is -2.11. The van der Waals surface area contributed by atoms with E-state index in [2.05, 4.69) is 30.2 Å². The number of fused-ring (bicyclic) bond motifs is 3. The van der Waals surface area contributed by atoms with Gasteiger partial charge < -0.3 is 20.1 Å². The number of rotatable bonds is 2. The number of H-pyrrole nitrogens is 1. The van der Waals surface area contributed by atoms with Gasteiger partial charge in [0.15, 0.2) is 11.6 Å². The molecule has 2 aliphatic heterocycles. The van der Waals surface area contributed by atoms with E-state index in [-0.39, 0.29) is 35.8 Å². The number of aromatic amines is 1. The standard InChI is InChI=1S/C32H36N2O5/c1-17-8-7-10-22-29-31(4,39-29)19(3)27-24(15-20-16-33-23-11-6-5-9-21(20)23)34-30(38)32(22,27)26(36)13-12-25(35)28(37)18(2)14-17/h5-7,9-14,16-17,19,22,24,27-29,33,37H,8,15H2,1-4H3,(H,34,38)/b10-7+,13-12+,18-14-/t17?,19-,22-,24-,27-,28+,29-,31+,32+/m0/s1. The van der Waals surface area contributed by atoms with Crippen molar-refractivity contribution < 1.29 is 24.2 Å². The van der Waals surface area contributed by atoms with E-state index in [9.17, 15) is 19.5 Å². The molecule has 9 atom stereocenters. The Morgan fingerprint density at radius 2 is 1.90 bits per heavy atom. The van der Waals surface area contributed by atoms with Crippen LogP contribution in [0.15, 0.2) is 66.4 Å². The Kier molecular flexibility index (Phi) is 6.08. The first-order valence-corrected chi connectivity index (χ1v) is 13.9. The second-order valence-corrected chi connectivity index (χ2v) is 12.1. The molecular weight excluding hydrogens is 492 g/mol. The minimum atomic E-state index is -1.41. The zero-order valence-electron chi connectivity index (χ0n) is 22.8. The van der Waals surface area contributed by atoms with Gasteiger partial charge in [0.1, 0.15) is 11.5 Å². The number of carbonyl (C=O) groups excluding carboxylic acids is 3. The van der Waals surface area contributed by atoms with Crippen molar-refractivity contribution in [2.75, 3.05) is 0 Å². The van der Waals surface area contributed by atoms with Crippen LogP contribution < -0.4 is 5.32 Å². The van der Waals surface area contributed by atoms with Gasteiger partial charge >= 0.3 is 0 Å². The van der Waals surface area contributed by atoms with Crippen LogP contribution in [0.25, 0.3) is 10.9 Å². The molecule has 0 bridgehead atoms. The molecule has 3 N–H and O–H groups in total. The number of aliphatic hydroxyl groups is 1. The molecule has 7 nitrogen and oxygen atoms in total. The van der Waals surface area contributed by atoms with E-state index in [1.165, 1.54) is 6.08 Å². The summed E-state index contributed by atoms with van der Waals surface area (Å²) in [6, 6.07) is 7.77. The number of aromatic nitrogens is 1. The Balaban J connectivity index is 1.46. The van der Waals surface area contributed by atoms with Crippen LogP contribution in [0.1, 0.15) is 39.7 Å². The lowest BCUT2D eigenvalue weighted by molar-refractivity contribution is -0.145. The van der Waals surface area contributed by atoms with Gasteiger partial charge in [-0.3, -0.25) is 14.4 Å². The van der Waals surface area contributed by atoms with Gasteiger partial charge in [-0.25, -0.2) is 0 Å². The Morgan fingerprint density at radius 3 is 2.69 bits per heavy atom. The molecule has 3 fully saturated rings. The monoisotopic (exact) mass is 528 g/mol. The highest BCUT2D eigenvalue weighted by Gasteiger charge is 2.78. The number of benzene rings is 1. The van der Waals surface area contributed by atoms with Crippen molar-refractivity contribution in [2.24, 2.45) is 29.1 Å². The summed E-state index contributed by atoms with van der Waals surface area (Å²) in [6.07, 6.45) is 9.89. The summed E-state index contributed by atoms with van der Waals surface area (Å²) in [4.78, 5) is 44.5.